The van der Waals surface area contributed by atoms with Crippen molar-refractivity contribution in [1.29, 1.82) is 0 Å². The van der Waals surface area contributed by atoms with Gasteiger partial charge in [0.15, 0.2) is 0 Å². The lowest BCUT2D eigenvalue weighted by Gasteiger charge is -2.34. The molecule has 1 saturated heterocycles. The predicted molar refractivity (Wildman–Crippen MR) is 76.1 cm³/mol. The van der Waals surface area contributed by atoms with Gasteiger partial charge in [-0.1, -0.05) is 0 Å². The van der Waals surface area contributed by atoms with Crippen LogP contribution in [0.3, 0.4) is 0 Å². The highest BCUT2D eigenvalue weighted by atomic mass is 16.5. The summed E-state index contributed by atoms with van der Waals surface area (Å²) in [5.41, 5.74) is 8.31. The van der Waals surface area contributed by atoms with Gasteiger partial charge in [-0.2, -0.15) is 5.10 Å². The Hall–Kier alpha value is -1.07. The van der Waals surface area contributed by atoms with Crippen molar-refractivity contribution in [2.45, 2.75) is 39.3 Å². The van der Waals surface area contributed by atoms with Gasteiger partial charge in [0.25, 0.3) is 0 Å². The Morgan fingerprint density at radius 2 is 2.26 bits per heavy atom. The summed E-state index contributed by atoms with van der Waals surface area (Å²) in [7, 11) is 3.64. The summed E-state index contributed by atoms with van der Waals surface area (Å²) >= 11 is 0. The third kappa shape index (κ3) is 3.09. The Morgan fingerprint density at radius 3 is 2.89 bits per heavy atom. The molecule has 2 N–H and O–H groups in total. The first kappa shape index (κ1) is 14.3. The molecular formula is C14H26N4O. The van der Waals surface area contributed by atoms with Gasteiger partial charge in [0.1, 0.15) is 0 Å². The van der Waals surface area contributed by atoms with Crippen molar-refractivity contribution in [3.63, 3.8) is 0 Å². The van der Waals surface area contributed by atoms with Gasteiger partial charge in [-0.15, -0.1) is 0 Å². The number of hydrogen-bond acceptors (Lipinski definition) is 4. The van der Waals surface area contributed by atoms with E-state index in [-0.39, 0.29) is 6.04 Å². The third-order valence-electron chi connectivity index (χ3n) is 4.15. The molecule has 0 bridgehead atoms. The van der Waals surface area contributed by atoms with E-state index in [1.54, 1.807) is 7.11 Å². The second kappa shape index (κ2) is 5.92. The monoisotopic (exact) mass is 266 g/mol. The molecule has 5 nitrogen and oxygen atoms in total. The molecule has 1 aliphatic rings. The van der Waals surface area contributed by atoms with Crippen LogP contribution < -0.4 is 10.5 Å². The molecule has 0 radical (unpaired) electrons. The van der Waals surface area contributed by atoms with Crippen LogP contribution >= 0.6 is 0 Å². The summed E-state index contributed by atoms with van der Waals surface area (Å²) in [4.78, 5) is 2.48. The maximum Gasteiger partial charge on any atom is 0.216 e. The lowest BCUT2D eigenvalue weighted by atomic mass is 9.92. The highest BCUT2D eigenvalue weighted by molar-refractivity contribution is 5.30. The zero-order chi connectivity index (χ0) is 14.0. The minimum Gasteiger partial charge on any atom is -0.481 e. The maximum absolute atomic E-state index is 6.05. The van der Waals surface area contributed by atoms with Crippen molar-refractivity contribution in [2.24, 2.45) is 18.7 Å². The molecule has 19 heavy (non-hydrogen) atoms. The van der Waals surface area contributed by atoms with E-state index in [0.29, 0.717) is 5.92 Å². The zero-order valence-electron chi connectivity index (χ0n) is 12.5. The van der Waals surface area contributed by atoms with Crippen LogP contribution in [0.2, 0.25) is 0 Å². The average molecular weight is 266 g/mol. The molecule has 108 valence electrons. The van der Waals surface area contributed by atoms with Crippen LogP contribution in [0.4, 0.5) is 0 Å². The molecule has 2 rings (SSSR count). The van der Waals surface area contributed by atoms with Crippen LogP contribution in [-0.2, 0) is 13.6 Å². The van der Waals surface area contributed by atoms with Crippen molar-refractivity contribution >= 4 is 0 Å². The fraction of sp³-hybridized carbons (Fsp3) is 0.786. The topological polar surface area (TPSA) is 56.3 Å². The minimum absolute atomic E-state index is 0.277. The first-order valence-electron chi connectivity index (χ1n) is 7.07. The number of likely N-dealkylation sites (tertiary alicyclic amines) is 1. The molecule has 0 saturated carbocycles. The van der Waals surface area contributed by atoms with E-state index in [0.717, 1.165) is 31.2 Å². The lowest BCUT2D eigenvalue weighted by Crippen LogP contribution is -2.42. The van der Waals surface area contributed by atoms with E-state index >= 15 is 0 Å². The van der Waals surface area contributed by atoms with Gasteiger partial charge < -0.3 is 10.5 Å². The number of ether oxygens (including phenoxy) is 1. The average Bonchev–Trinajstić information content (AvgIpc) is 2.64. The maximum atomic E-state index is 6.05. The molecule has 2 atom stereocenters. The summed E-state index contributed by atoms with van der Waals surface area (Å²) in [6.45, 7) is 7.29. The molecule has 2 heterocycles. The van der Waals surface area contributed by atoms with Crippen LogP contribution in [0.5, 0.6) is 5.88 Å². The molecule has 0 amide bonds. The Bertz CT molecular complexity index is 427. The van der Waals surface area contributed by atoms with Gasteiger partial charge in [-0.3, -0.25) is 4.90 Å². The van der Waals surface area contributed by atoms with Gasteiger partial charge in [-0.05, 0) is 39.2 Å². The molecule has 1 aromatic heterocycles. The summed E-state index contributed by atoms with van der Waals surface area (Å²) in [6.07, 6.45) is 2.48. The van der Waals surface area contributed by atoms with Gasteiger partial charge in [0.2, 0.25) is 5.88 Å². The zero-order valence-corrected chi connectivity index (χ0v) is 12.5. The van der Waals surface area contributed by atoms with Gasteiger partial charge in [0, 0.05) is 26.2 Å². The van der Waals surface area contributed by atoms with Crippen molar-refractivity contribution < 1.29 is 4.74 Å². The molecule has 0 aromatic carbocycles. The minimum atomic E-state index is 0.277. The Labute approximate surface area is 115 Å². The number of nitrogens with two attached hydrogens (primary N) is 1. The van der Waals surface area contributed by atoms with Crippen LogP contribution in [0, 0.1) is 12.8 Å². The first-order valence-corrected chi connectivity index (χ1v) is 7.07. The summed E-state index contributed by atoms with van der Waals surface area (Å²) in [5.74, 6) is 1.48. The summed E-state index contributed by atoms with van der Waals surface area (Å²) in [5, 5.41) is 4.44. The van der Waals surface area contributed by atoms with E-state index in [2.05, 4.69) is 16.9 Å². The standard InChI is InChI=1S/C14H26N4O/c1-10(15)12-6-5-7-18(8-12)9-13-11(2)16-17(3)14(13)19-4/h10,12H,5-9,15H2,1-4H3. The molecule has 0 aliphatic carbocycles. The van der Waals surface area contributed by atoms with E-state index < -0.39 is 0 Å². The number of rotatable bonds is 4. The number of nitrogens with zero attached hydrogens (tertiary/aromatic N) is 3. The highest BCUT2D eigenvalue weighted by Gasteiger charge is 2.25. The molecule has 2 unspecified atom stereocenters. The van der Waals surface area contributed by atoms with Crippen LogP contribution in [-0.4, -0.2) is 40.9 Å². The van der Waals surface area contributed by atoms with E-state index in [1.165, 1.54) is 18.4 Å². The predicted octanol–water partition coefficient (Wildman–Crippen LogP) is 1.30. The second-order valence-electron chi connectivity index (χ2n) is 5.69. The number of aryl methyl sites for hydroxylation is 2. The lowest BCUT2D eigenvalue weighted by molar-refractivity contribution is 0.152. The molecule has 1 aromatic rings. The first-order chi connectivity index (χ1) is 9.02. The Kier molecular flexibility index (Phi) is 4.47. The van der Waals surface area contributed by atoms with E-state index in [9.17, 15) is 0 Å². The summed E-state index contributed by atoms with van der Waals surface area (Å²) < 4.78 is 7.28. The fourth-order valence-corrected chi connectivity index (χ4v) is 3.01. The molecule has 1 aliphatic heterocycles. The fourth-order valence-electron chi connectivity index (χ4n) is 3.01. The molecule has 0 spiro atoms. The largest absolute Gasteiger partial charge is 0.481 e. The number of piperidine rings is 1. The van der Waals surface area contributed by atoms with Gasteiger partial charge >= 0.3 is 0 Å². The number of methoxy groups -OCH3 is 1. The molecule has 5 heteroatoms. The van der Waals surface area contributed by atoms with Gasteiger partial charge in [-0.25, -0.2) is 4.68 Å². The van der Waals surface area contributed by atoms with Crippen LogP contribution in [0.1, 0.15) is 31.0 Å². The summed E-state index contributed by atoms with van der Waals surface area (Å²) in [6, 6.07) is 0.277. The van der Waals surface area contributed by atoms with Crippen LogP contribution in [0.25, 0.3) is 0 Å². The van der Waals surface area contributed by atoms with Gasteiger partial charge in [0.05, 0.1) is 18.4 Å². The van der Waals surface area contributed by atoms with Crippen molar-refractivity contribution in [1.82, 2.24) is 14.7 Å². The molecule has 1 fully saturated rings. The van der Waals surface area contributed by atoms with Crippen molar-refractivity contribution in [2.75, 3.05) is 20.2 Å². The number of aromatic nitrogens is 2. The molecular weight excluding hydrogens is 240 g/mol. The quantitative estimate of drug-likeness (QED) is 0.892. The van der Waals surface area contributed by atoms with E-state index in [4.69, 9.17) is 10.5 Å². The second-order valence-corrected chi connectivity index (χ2v) is 5.69. The van der Waals surface area contributed by atoms with E-state index in [1.807, 2.05) is 18.7 Å². The smallest absolute Gasteiger partial charge is 0.216 e. The Morgan fingerprint density at radius 1 is 1.53 bits per heavy atom. The number of hydrogen-bond donors (Lipinski definition) is 1. The Balaban J connectivity index is 2.08. The van der Waals surface area contributed by atoms with Crippen LogP contribution in [0.15, 0.2) is 0 Å². The van der Waals surface area contributed by atoms with Crippen molar-refractivity contribution in [3.05, 3.63) is 11.3 Å². The normalized spacial score (nSPS) is 22.5. The van der Waals surface area contributed by atoms with Crippen molar-refractivity contribution in [3.8, 4) is 5.88 Å². The SMILES string of the molecule is COc1c(CN2CCCC(C(C)N)C2)c(C)nn1C. The third-order valence-corrected chi connectivity index (χ3v) is 4.15. The highest BCUT2D eigenvalue weighted by Crippen LogP contribution is 2.26.